The van der Waals surface area contributed by atoms with E-state index in [9.17, 15) is 4.79 Å². The predicted octanol–water partition coefficient (Wildman–Crippen LogP) is 2.41. The van der Waals surface area contributed by atoms with Crippen molar-refractivity contribution in [2.75, 3.05) is 37.0 Å². The Morgan fingerprint density at radius 2 is 2.05 bits per heavy atom. The number of rotatable bonds is 11. The van der Waals surface area contributed by atoms with Gasteiger partial charge in [-0.2, -0.15) is 11.8 Å². The van der Waals surface area contributed by atoms with Gasteiger partial charge in [-0.1, -0.05) is 0 Å². The third-order valence-electron chi connectivity index (χ3n) is 2.52. The van der Waals surface area contributed by atoms with E-state index in [0.717, 1.165) is 28.6 Å². The van der Waals surface area contributed by atoms with Crippen molar-refractivity contribution in [1.82, 2.24) is 5.32 Å². The van der Waals surface area contributed by atoms with Gasteiger partial charge in [0, 0.05) is 23.8 Å². The number of carbonyl (C=O) groups excluding carboxylic acids is 1. The maximum Gasteiger partial charge on any atom is 0.230 e. The SMILES string of the molecule is CCOc1ccc(SCC(=O)NCCSCCCO)cc1. The van der Waals surface area contributed by atoms with Crippen molar-refractivity contribution in [1.29, 1.82) is 0 Å². The molecule has 118 valence electrons. The Kier molecular flexibility index (Phi) is 10.2. The lowest BCUT2D eigenvalue weighted by Gasteiger charge is -2.06. The third kappa shape index (κ3) is 8.90. The lowest BCUT2D eigenvalue weighted by molar-refractivity contribution is -0.118. The van der Waals surface area contributed by atoms with Crippen molar-refractivity contribution in [3.05, 3.63) is 24.3 Å². The Bertz CT molecular complexity index is 398. The zero-order chi connectivity index (χ0) is 15.3. The summed E-state index contributed by atoms with van der Waals surface area (Å²) in [4.78, 5) is 12.7. The Morgan fingerprint density at radius 1 is 1.29 bits per heavy atom. The number of aliphatic hydroxyl groups excluding tert-OH is 1. The normalized spacial score (nSPS) is 10.4. The van der Waals surface area contributed by atoms with Crippen LogP contribution in [-0.2, 0) is 4.79 Å². The average molecular weight is 329 g/mol. The highest BCUT2D eigenvalue weighted by atomic mass is 32.2. The monoisotopic (exact) mass is 329 g/mol. The quantitative estimate of drug-likeness (QED) is 0.482. The van der Waals surface area contributed by atoms with Crippen LogP contribution in [0.15, 0.2) is 29.2 Å². The Balaban J connectivity index is 2.12. The molecule has 0 atom stereocenters. The fourth-order valence-corrected chi connectivity index (χ4v) is 3.04. The first-order chi connectivity index (χ1) is 10.3. The third-order valence-corrected chi connectivity index (χ3v) is 4.60. The summed E-state index contributed by atoms with van der Waals surface area (Å²) in [5.41, 5.74) is 0. The van der Waals surface area contributed by atoms with Gasteiger partial charge in [0.25, 0.3) is 0 Å². The molecule has 0 aliphatic rings. The van der Waals surface area contributed by atoms with Crippen LogP contribution in [0.5, 0.6) is 5.75 Å². The summed E-state index contributed by atoms with van der Waals surface area (Å²) in [5.74, 6) is 3.16. The average Bonchev–Trinajstić information content (AvgIpc) is 2.50. The largest absolute Gasteiger partial charge is 0.494 e. The van der Waals surface area contributed by atoms with Crippen LogP contribution in [0.3, 0.4) is 0 Å². The summed E-state index contributed by atoms with van der Waals surface area (Å²) < 4.78 is 5.37. The van der Waals surface area contributed by atoms with Crippen molar-refractivity contribution in [3.8, 4) is 5.75 Å². The minimum absolute atomic E-state index is 0.0524. The van der Waals surface area contributed by atoms with Gasteiger partial charge in [-0.3, -0.25) is 4.79 Å². The van der Waals surface area contributed by atoms with Gasteiger partial charge in [0.2, 0.25) is 5.91 Å². The molecule has 0 saturated carbocycles. The molecule has 0 bridgehead atoms. The highest BCUT2D eigenvalue weighted by Crippen LogP contribution is 2.21. The summed E-state index contributed by atoms with van der Waals surface area (Å²) in [6.07, 6.45) is 0.812. The van der Waals surface area contributed by atoms with Gasteiger partial charge < -0.3 is 15.2 Å². The molecule has 0 aromatic heterocycles. The summed E-state index contributed by atoms with van der Waals surface area (Å²) in [7, 11) is 0. The molecule has 6 heteroatoms. The minimum atomic E-state index is 0.0524. The molecular formula is C15H23NO3S2. The molecule has 0 saturated heterocycles. The number of thioether (sulfide) groups is 2. The van der Waals surface area contributed by atoms with Gasteiger partial charge >= 0.3 is 0 Å². The van der Waals surface area contributed by atoms with Gasteiger partial charge in [-0.15, -0.1) is 11.8 Å². The van der Waals surface area contributed by atoms with Crippen LogP contribution in [0, 0.1) is 0 Å². The molecular weight excluding hydrogens is 306 g/mol. The number of hydrogen-bond donors (Lipinski definition) is 2. The predicted molar refractivity (Wildman–Crippen MR) is 90.4 cm³/mol. The summed E-state index contributed by atoms with van der Waals surface area (Å²) in [6.45, 7) is 3.52. The molecule has 0 aliphatic heterocycles. The van der Waals surface area contributed by atoms with Crippen LogP contribution in [0.25, 0.3) is 0 Å². The number of carbonyl (C=O) groups is 1. The molecule has 0 spiro atoms. The fourth-order valence-electron chi connectivity index (χ4n) is 1.53. The van der Waals surface area contributed by atoms with E-state index in [0.29, 0.717) is 18.9 Å². The second-order valence-corrected chi connectivity index (χ2v) is 6.51. The minimum Gasteiger partial charge on any atom is -0.494 e. The zero-order valence-corrected chi connectivity index (χ0v) is 14.0. The van der Waals surface area contributed by atoms with Crippen molar-refractivity contribution < 1.29 is 14.6 Å². The van der Waals surface area contributed by atoms with Crippen LogP contribution >= 0.6 is 23.5 Å². The molecule has 0 radical (unpaired) electrons. The van der Waals surface area contributed by atoms with Crippen molar-refractivity contribution in [2.45, 2.75) is 18.2 Å². The van der Waals surface area contributed by atoms with Gasteiger partial charge in [0.15, 0.2) is 0 Å². The van der Waals surface area contributed by atoms with E-state index in [1.165, 1.54) is 11.8 Å². The first kappa shape index (κ1) is 18.2. The smallest absolute Gasteiger partial charge is 0.230 e. The van der Waals surface area contributed by atoms with Crippen LogP contribution in [0.4, 0.5) is 0 Å². The Morgan fingerprint density at radius 3 is 2.71 bits per heavy atom. The standard InChI is InChI=1S/C15H23NO3S2/c1-2-19-13-4-6-14(7-5-13)21-12-15(18)16-8-11-20-10-3-9-17/h4-7,17H,2-3,8-12H2,1H3,(H,16,18). The molecule has 2 N–H and O–H groups in total. The first-order valence-corrected chi connectivity index (χ1v) is 9.21. The van der Waals surface area contributed by atoms with E-state index in [2.05, 4.69) is 5.32 Å². The Hall–Kier alpha value is -0.850. The number of benzene rings is 1. The van der Waals surface area contributed by atoms with Gasteiger partial charge in [-0.25, -0.2) is 0 Å². The fraction of sp³-hybridized carbons (Fsp3) is 0.533. The molecule has 0 unspecified atom stereocenters. The molecule has 1 amide bonds. The van der Waals surface area contributed by atoms with E-state index in [4.69, 9.17) is 9.84 Å². The summed E-state index contributed by atoms with van der Waals surface area (Å²) >= 11 is 3.26. The van der Waals surface area contributed by atoms with E-state index in [1.54, 1.807) is 11.8 Å². The van der Waals surface area contributed by atoms with E-state index in [-0.39, 0.29) is 12.5 Å². The van der Waals surface area contributed by atoms with Crippen LogP contribution in [-0.4, -0.2) is 48.0 Å². The maximum absolute atomic E-state index is 11.7. The molecule has 21 heavy (non-hydrogen) atoms. The second-order valence-electron chi connectivity index (χ2n) is 4.23. The highest BCUT2D eigenvalue weighted by Gasteiger charge is 2.02. The van der Waals surface area contributed by atoms with Crippen LogP contribution < -0.4 is 10.1 Å². The number of hydrogen-bond acceptors (Lipinski definition) is 5. The highest BCUT2D eigenvalue weighted by molar-refractivity contribution is 8.00. The molecule has 4 nitrogen and oxygen atoms in total. The van der Waals surface area contributed by atoms with Crippen molar-refractivity contribution >= 4 is 29.4 Å². The van der Waals surface area contributed by atoms with Crippen LogP contribution in [0.2, 0.25) is 0 Å². The second kappa shape index (κ2) is 11.8. The van der Waals surface area contributed by atoms with E-state index in [1.807, 2.05) is 31.2 Å². The molecule has 0 heterocycles. The van der Waals surface area contributed by atoms with Gasteiger partial charge in [-0.05, 0) is 43.4 Å². The van der Waals surface area contributed by atoms with Crippen LogP contribution in [0.1, 0.15) is 13.3 Å². The molecule has 0 aliphatic carbocycles. The molecule has 1 aromatic rings. The van der Waals surface area contributed by atoms with Gasteiger partial charge in [0.05, 0.1) is 12.4 Å². The van der Waals surface area contributed by atoms with Crippen molar-refractivity contribution in [3.63, 3.8) is 0 Å². The zero-order valence-electron chi connectivity index (χ0n) is 12.3. The number of nitrogens with one attached hydrogen (secondary N) is 1. The number of amides is 1. The lowest BCUT2D eigenvalue weighted by Crippen LogP contribution is -2.27. The number of ether oxygens (including phenoxy) is 1. The van der Waals surface area contributed by atoms with Crippen molar-refractivity contribution in [2.24, 2.45) is 0 Å². The summed E-state index contributed by atoms with van der Waals surface area (Å²) in [6, 6.07) is 7.77. The van der Waals surface area contributed by atoms with E-state index < -0.39 is 0 Å². The van der Waals surface area contributed by atoms with E-state index >= 15 is 0 Å². The lowest BCUT2D eigenvalue weighted by atomic mass is 10.3. The van der Waals surface area contributed by atoms with Gasteiger partial charge in [0.1, 0.15) is 5.75 Å². The molecule has 0 fully saturated rings. The summed E-state index contributed by atoms with van der Waals surface area (Å²) in [5, 5.41) is 11.5. The molecule has 1 rings (SSSR count). The Labute approximate surface area is 135 Å². The first-order valence-electron chi connectivity index (χ1n) is 7.07. The maximum atomic E-state index is 11.7. The molecule has 1 aromatic carbocycles. The topological polar surface area (TPSA) is 58.6 Å². The number of aliphatic hydroxyl groups is 1.